The smallest absolute Gasteiger partial charge is 0.168 e. The van der Waals surface area contributed by atoms with E-state index in [9.17, 15) is 5.11 Å². The van der Waals surface area contributed by atoms with Gasteiger partial charge in [0.05, 0.1) is 17.1 Å². The molecule has 2 aliphatic heterocycles. The fraction of sp³-hybridized carbons (Fsp3) is 0.267. The van der Waals surface area contributed by atoms with Gasteiger partial charge in [0, 0.05) is 34.2 Å². The number of thioether (sulfide) groups is 1. The predicted octanol–water partition coefficient (Wildman–Crippen LogP) is 4.02. The molecule has 2 aromatic rings. The molecule has 0 atom stereocenters. The van der Waals surface area contributed by atoms with Crippen molar-refractivity contribution in [2.75, 3.05) is 19.7 Å². The number of benzene rings is 1. The lowest BCUT2D eigenvalue weighted by Gasteiger charge is -2.15. The van der Waals surface area contributed by atoms with E-state index in [1.807, 2.05) is 12.1 Å². The summed E-state index contributed by atoms with van der Waals surface area (Å²) < 4.78 is 1.24. The number of thiophene rings is 1. The molecule has 1 aromatic heterocycles. The van der Waals surface area contributed by atoms with Gasteiger partial charge in [0.15, 0.2) is 5.17 Å². The Morgan fingerprint density at radius 1 is 1.33 bits per heavy atom. The average molecular weight is 337 g/mol. The Labute approximate surface area is 135 Å². The van der Waals surface area contributed by atoms with Crippen LogP contribution in [0.4, 0.5) is 0 Å². The second kappa shape index (κ2) is 5.32. The van der Waals surface area contributed by atoms with Gasteiger partial charge < -0.3 is 10.0 Å². The normalized spacial score (nSPS) is 17.8. The Morgan fingerprint density at radius 2 is 2.24 bits per heavy atom. The molecule has 0 spiro atoms. The maximum Gasteiger partial charge on any atom is 0.168 e. The van der Waals surface area contributed by atoms with E-state index >= 15 is 0 Å². The highest BCUT2D eigenvalue weighted by Gasteiger charge is 2.33. The number of aliphatic imine (C=N–C) groups is 1. The molecule has 0 bridgehead atoms. The second-order valence-electron chi connectivity index (χ2n) is 4.96. The maximum atomic E-state index is 9.31. The Morgan fingerprint density at radius 3 is 3.10 bits per heavy atom. The number of amidine groups is 1. The van der Waals surface area contributed by atoms with Crippen LogP contribution in [0, 0.1) is 0 Å². The number of aliphatic hydroxyl groups excluding tert-OH is 1. The summed E-state index contributed by atoms with van der Waals surface area (Å²) in [5, 5.41) is 12.3. The first-order valence-corrected chi connectivity index (χ1v) is 8.80. The first-order chi connectivity index (χ1) is 10.3. The highest BCUT2D eigenvalue weighted by molar-refractivity contribution is 8.17. The van der Waals surface area contributed by atoms with E-state index in [0.717, 1.165) is 23.3 Å². The Kier molecular flexibility index (Phi) is 3.46. The summed E-state index contributed by atoms with van der Waals surface area (Å²) in [7, 11) is 0. The van der Waals surface area contributed by atoms with Crippen molar-refractivity contribution in [2.45, 2.75) is 6.42 Å². The molecule has 1 N–H and O–H groups in total. The van der Waals surface area contributed by atoms with E-state index in [4.69, 9.17) is 11.6 Å². The number of fused-ring (bicyclic) bond motifs is 2. The fourth-order valence-electron chi connectivity index (χ4n) is 2.70. The van der Waals surface area contributed by atoms with Crippen molar-refractivity contribution >= 4 is 55.7 Å². The summed E-state index contributed by atoms with van der Waals surface area (Å²) >= 11 is 9.55. The van der Waals surface area contributed by atoms with Crippen molar-refractivity contribution in [1.82, 2.24) is 4.90 Å². The van der Waals surface area contributed by atoms with E-state index in [1.54, 1.807) is 23.1 Å². The molecule has 0 unspecified atom stereocenters. The van der Waals surface area contributed by atoms with E-state index in [-0.39, 0.29) is 6.61 Å². The molecule has 3 heterocycles. The van der Waals surface area contributed by atoms with Crippen LogP contribution in [0.1, 0.15) is 11.3 Å². The van der Waals surface area contributed by atoms with Crippen LogP contribution in [0.5, 0.6) is 0 Å². The van der Waals surface area contributed by atoms with Gasteiger partial charge in [-0.15, -0.1) is 11.3 Å². The van der Waals surface area contributed by atoms with Gasteiger partial charge >= 0.3 is 0 Å². The Hall–Kier alpha value is -1.01. The van der Waals surface area contributed by atoms with E-state index in [0.29, 0.717) is 6.42 Å². The highest BCUT2D eigenvalue weighted by Crippen LogP contribution is 2.46. The van der Waals surface area contributed by atoms with Crippen LogP contribution in [0.3, 0.4) is 0 Å². The Balaban J connectivity index is 1.84. The van der Waals surface area contributed by atoms with Crippen LogP contribution in [0.25, 0.3) is 15.8 Å². The molecular formula is C15H13ClN2OS2. The maximum absolute atomic E-state index is 9.31. The molecular weight excluding hydrogens is 324 g/mol. The molecule has 1 aromatic carbocycles. The van der Waals surface area contributed by atoms with Crippen molar-refractivity contribution < 1.29 is 5.11 Å². The number of halogens is 1. The van der Waals surface area contributed by atoms with E-state index < -0.39 is 0 Å². The van der Waals surface area contributed by atoms with Crippen LogP contribution in [0.15, 0.2) is 34.2 Å². The summed E-state index contributed by atoms with van der Waals surface area (Å²) in [6.07, 6.45) is 0.685. The van der Waals surface area contributed by atoms with Gasteiger partial charge in [0.2, 0.25) is 0 Å². The molecule has 2 aliphatic rings. The number of hydrogen-bond donors (Lipinski definition) is 1. The van der Waals surface area contributed by atoms with Crippen LogP contribution >= 0.6 is 34.7 Å². The number of nitrogens with zero attached hydrogens (tertiary/aromatic N) is 2. The van der Waals surface area contributed by atoms with Crippen molar-refractivity contribution in [3.63, 3.8) is 0 Å². The number of hydrogen-bond acceptors (Lipinski definition) is 5. The molecule has 4 rings (SSSR count). The van der Waals surface area contributed by atoms with E-state index in [2.05, 4.69) is 22.0 Å². The topological polar surface area (TPSA) is 35.8 Å². The molecule has 0 radical (unpaired) electrons. The SMILES string of the molecule is OCCC1=C(c2cc3cc(Cl)ccc3s2)N2CCN=C2S1. The number of aliphatic hydroxyl groups is 1. The fourth-order valence-corrected chi connectivity index (χ4v) is 5.25. The van der Waals surface area contributed by atoms with Crippen molar-refractivity contribution in [2.24, 2.45) is 4.99 Å². The Bertz CT molecular complexity index is 781. The van der Waals surface area contributed by atoms with Crippen molar-refractivity contribution in [1.29, 1.82) is 0 Å². The molecule has 3 nitrogen and oxygen atoms in total. The minimum Gasteiger partial charge on any atom is -0.396 e. The first kappa shape index (κ1) is 13.6. The largest absolute Gasteiger partial charge is 0.396 e. The minimum atomic E-state index is 0.170. The molecule has 108 valence electrons. The average Bonchev–Trinajstić information content (AvgIpc) is 3.11. The second-order valence-corrected chi connectivity index (χ2v) is 7.54. The third kappa shape index (κ3) is 2.28. The lowest BCUT2D eigenvalue weighted by Crippen LogP contribution is -2.19. The predicted molar refractivity (Wildman–Crippen MR) is 92.1 cm³/mol. The third-order valence-corrected chi connectivity index (χ3v) is 6.13. The summed E-state index contributed by atoms with van der Waals surface area (Å²) in [4.78, 5) is 9.27. The molecule has 0 saturated carbocycles. The van der Waals surface area contributed by atoms with Crippen LogP contribution in [0.2, 0.25) is 5.02 Å². The van der Waals surface area contributed by atoms with Crippen LogP contribution < -0.4 is 0 Å². The quantitative estimate of drug-likeness (QED) is 0.919. The molecule has 6 heteroatoms. The zero-order chi connectivity index (χ0) is 14.4. The molecule has 0 aliphatic carbocycles. The summed E-state index contributed by atoms with van der Waals surface area (Å²) in [6, 6.07) is 8.20. The molecule has 0 saturated heterocycles. The van der Waals surface area contributed by atoms with Gasteiger partial charge in [-0.2, -0.15) is 0 Å². The van der Waals surface area contributed by atoms with Crippen LogP contribution in [-0.2, 0) is 0 Å². The summed E-state index contributed by atoms with van der Waals surface area (Å²) in [6.45, 7) is 1.96. The lowest BCUT2D eigenvalue weighted by molar-refractivity contribution is 0.301. The van der Waals surface area contributed by atoms with Crippen molar-refractivity contribution in [3.05, 3.63) is 39.1 Å². The zero-order valence-corrected chi connectivity index (χ0v) is 13.6. The molecule has 0 fully saturated rings. The molecule has 0 amide bonds. The lowest BCUT2D eigenvalue weighted by atomic mass is 10.2. The first-order valence-electron chi connectivity index (χ1n) is 6.79. The van der Waals surface area contributed by atoms with Crippen LogP contribution in [-0.4, -0.2) is 34.9 Å². The van der Waals surface area contributed by atoms with Gasteiger partial charge in [0.25, 0.3) is 0 Å². The van der Waals surface area contributed by atoms with Crippen molar-refractivity contribution in [3.8, 4) is 0 Å². The van der Waals surface area contributed by atoms with Gasteiger partial charge in [0.1, 0.15) is 0 Å². The van der Waals surface area contributed by atoms with Gasteiger partial charge in [-0.25, -0.2) is 0 Å². The minimum absolute atomic E-state index is 0.170. The third-order valence-electron chi connectivity index (χ3n) is 3.60. The standard InChI is InChI=1S/C15H13ClN2OS2/c16-10-1-2-11-9(7-10)8-13(20-11)14-12(3-6-19)21-15-17-4-5-18(14)15/h1-2,7-8,19H,3-6H2. The highest BCUT2D eigenvalue weighted by atomic mass is 35.5. The van der Waals surface area contributed by atoms with Gasteiger partial charge in [-0.1, -0.05) is 23.4 Å². The molecule has 21 heavy (non-hydrogen) atoms. The monoisotopic (exact) mass is 336 g/mol. The van der Waals surface area contributed by atoms with Gasteiger partial charge in [-0.05, 0) is 29.7 Å². The summed E-state index contributed by atoms with van der Waals surface area (Å²) in [5.41, 5.74) is 1.22. The number of rotatable bonds is 3. The van der Waals surface area contributed by atoms with Gasteiger partial charge in [-0.3, -0.25) is 4.99 Å². The van der Waals surface area contributed by atoms with E-state index in [1.165, 1.54) is 25.6 Å². The summed E-state index contributed by atoms with van der Waals surface area (Å²) in [5.74, 6) is 0. The zero-order valence-electron chi connectivity index (χ0n) is 11.2.